The minimum atomic E-state index is 1.14. The van der Waals surface area contributed by atoms with Crippen LogP contribution >= 0.6 is 0 Å². The lowest BCUT2D eigenvalue weighted by atomic mass is 9.94. The van der Waals surface area contributed by atoms with Crippen LogP contribution in [0.2, 0.25) is 0 Å². The lowest BCUT2D eigenvalue weighted by molar-refractivity contribution is 1.15. The molecule has 12 rings (SSSR count). The fraction of sp³-hybridized carbons (Fsp3) is 0. The van der Waals surface area contributed by atoms with E-state index >= 15 is 0 Å². The summed E-state index contributed by atoms with van der Waals surface area (Å²) in [5.41, 5.74) is 19.0. The molecule has 12 aromatic rings. The highest BCUT2D eigenvalue weighted by molar-refractivity contribution is 6.24. The van der Waals surface area contributed by atoms with E-state index in [0.717, 1.165) is 16.9 Å². The molecule has 2 heterocycles. The first-order valence-corrected chi connectivity index (χ1v) is 21.3. The van der Waals surface area contributed by atoms with Gasteiger partial charge in [0.25, 0.3) is 0 Å². The molecule has 0 saturated carbocycles. The second-order valence-electron chi connectivity index (χ2n) is 16.1. The Hall–Kier alpha value is -8.20. The van der Waals surface area contributed by atoms with E-state index < -0.39 is 0 Å². The van der Waals surface area contributed by atoms with E-state index in [4.69, 9.17) is 0 Å². The average Bonchev–Trinajstić information content (AvgIpc) is 3.88. The molecule has 0 aliphatic carbocycles. The predicted molar refractivity (Wildman–Crippen MR) is 262 cm³/mol. The highest BCUT2D eigenvalue weighted by Gasteiger charge is 2.23. The Morgan fingerprint density at radius 1 is 0.226 bits per heavy atom. The second kappa shape index (κ2) is 14.8. The van der Waals surface area contributed by atoms with Crippen LogP contribution in [0.25, 0.3) is 111 Å². The zero-order chi connectivity index (χ0) is 41.0. The molecule has 0 aliphatic heterocycles. The van der Waals surface area contributed by atoms with Gasteiger partial charge in [-0.3, -0.25) is 0 Å². The van der Waals surface area contributed by atoms with Crippen LogP contribution in [0, 0.1) is 0 Å². The fourth-order valence-corrected chi connectivity index (χ4v) is 9.60. The van der Waals surface area contributed by atoms with Gasteiger partial charge in [-0.25, -0.2) is 0 Å². The summed E-state index contributed by atoms with van der Waals surface area (Å²) in [6.07, 6.45) is 0. The van der Waals surface area contributed by atoms with E-state index in [-0.39, 0.29) is 0 Å². The number of aromatic nitrogens is 2. The van der Waals surface area contributed by atoms with Crippen molar-refractivity contribution in [1.82, 2.24) is 9.13 Å². The Balaban J connectivity index is 1.06. The standard InChI is InChI=1S/C60H40N2/c1-4-16-41(17-5-1)45-20-14-22-47(38-45)48-23-15-21-46(39-48)43-30-32-44(33-31-43)51-35-34-49(42-18-6-2-7-19-42)40-58(51)62-57-29-13-11-27-53(57)55-37-36-54-52-26-10-12-28-56(52)61(59(54)60(55)62)50-24-8-3-9-25-50/h1-40H. The van der Waals surface area contributed by atoms with Gasteiger partial charge in [0.05, 0.1) is 27.8 Å². The summed E-state index contributed by atoms with van der Waals surface area (Å²) < 4.78 is 5.00. The second-order valence-corrected chi connectivity index (χ2v) is 16.1. The molecule has 0 radical (unpaired) electrons. The summed E-state index contributed by atoms with van der Waals surface area (Å²) in [4.78, 5) is 0. The number of hydrogen-bond donors (Lipinski definition) is 0. The SMILES string of the molecule is c1ccc(-c2cccc(-c3cccc(-c4ccc(-c5ccc(-c6ccccc6)cc5-n5c6ccccc6c6ccc7c8ccccc8n(-c8ccccc8)c7c65)cc4)c3)c2)cc1. The third-order valence-electron chi connectivity index (χ3n) is 12.5. The molecule has 0 unspecified atom stereocenters. The number of fused-ring (bicyclic) bond motifs is 7. The molecule has 290 valence electrons. The zero-order valence-electron chi connectivity index (χ0n) is 34.0. The van der Waals surface area contributed by atoms with Gasteiger partial charge in [0.15, 0.2) is 0 Å². The number of rotatable bonds is 7. The minimum Gasteiger partial charge on any atom is -0.307 e. The van der Waals surface area contributed by atoms with Crippen molar-refractivity contribution in [2.75, 3.05) is 0 Å². The molecule has 0 atom stereocenters. The van der Waals surface area contributed by atoms with Crippen LogP contribution < -0.4 is 0 Å². The van der Waals surface area contributed by atoms with Crippen molar-refractivity contribution in [2.24, 2.45) is 0 Å². The minimum absolute atomic E-state index is 1.14. The van der Waals surface area contributed by atoms with Crippen LogP contribution in [-0.4, -0.2) is 9.13 Å². The van der Waals surface area contributed by atoms with Crippen molar-refractivity contribution in [2.45, 2.75) is 0 Å². The predicted octanol–water partition coefficient (Wildman–Crippen LogP) is 16.2. The molecule has 0 aliphatic rings. The Kier molecular flexibility index (Phi) is 8.53. The maximum Gasteiger partial charge on any atom is 0.0789 e. The van der Waals surface area contributed by atoms with Crippen molar-refractivity contribution in [3.8, 4) is 67.0 Å². The Morgan fingerprint density at radius 2 is 0.613 bits per heavy atom. The van der Waals surface area contributed by atoms with Crippen LogP contribution in [0.3, 0.4) is 0 Å². The Morgan fingerprint density at radius 3 is 1.18 bits per heavy atom. The summed E-state index contributed by atoms with van der Waals surface area (Å²) in [6, 6.07) is 88.4. The summed E-state index contributed by atoms with van der Waals surface area (Å²) in [7, 11) is 0. The first kappa shape index (κ1) is 35.7. The third kappa shape index (κ3) is 5.96. The molecule has 0 N–H and O–H groups in total. The molecule has 0 bridgehead atoms. The summed E-state index contributed by atoms with van der Waals surface area (Å²) in [6.45, 7) is 0. The van der Waals surface area contributed by atoms with E-state index in [1.54, 1.807) is 0 Å². The van der Waals surface area contributed by atoms with Crippen molar-refractivity contribution < 1.29 is 0 Å². The van der Waals surface area contributed by atoms with Crippen LogP contribution in [0.1, 0.15) is 0 Å². The van der Waals surface area contributed by atoms with E-state index in [0.29, 0.717) is 0 Å². The van der Waals surface area contributed by atoms with Crippen LogP contribution in [0.4, 0.5) is 0 Å². The van der Waals surface area contributed by atoms with Gasteiger partial charge in [-0.05, 0) is 92.5 Å². The smallest absolute Gasteiger partial charge is 0.0789 e. The van der Waals surface area contributed by atoms with Gasteiger partial charge in [-0.2, -0.15) is 0 Å². The molecule has 62 heavy (non-hydrogen) atoms. The molecular weight excluding hydrogens is 749 g/mol. The molecule has 0 spiro atoms. The van der Waals surface area contributed by atoms with Gasteiger partial charge >= 0.3 is 0 Å². The Bertz CT molecular complexity index is 3600. The molecule has 2 nitrogen and oxygen atoms in total. The lowest BCUT2D eigenvalue weighted by Crippen LogP contribution is -2.01. The zero-order valence-corrected chi connectivity index (χ0v) is 34.0. The quantitative estimate of drug-likeness (QED) is 0.152. The number of para-hydroxylation sites is 3. The van der Waals surface area contributed by atoms with Crippen molar-refractivity contribution in [3.63, 3.8) is 0 Å². The summed E-state index contributed by atoms with van der Waals surface area (Å²) in [5, 5.41) is 4.94. The maximum atomic E-state index is 2.54. The topological polar surface area (TPSA) is 9.86 Å². The normalized spacial score (nSPS) is 11.5. The molecule has 0 fully saturated rings. The lowest BCUT2D eigenvalue weighted by Gasteiger charge is -2.18. The van der Waals surface area contributed by atoms with Crippen LogP contribution in [-0.2, 0) is 0 Å². The summed E-state index contributed by atoms with van der Waals surface area (Å²) >= 11 is 0. The molecule has 0 amide bonds. The van der Waals surface area contributed by atoms with Gasteiger partial charge in [0, 0.05) is 32.8 Å². The van der Waals surface area contributed by atoms with Crippen LogP contribution in [0.5, 0.6) is 0 Å². The van der Waals surface area contributed by atoms with E-state index in [1.807, 2.05) is 0 Å². The fourth-order valence-electron chi connectivity index (χ4n) is 9.60. The molecular formula is C60H40N2. The number of benzene rings is 10. The van der Waals surface area contributed by atoms with Gasteiger partial charge in [0.2, 0.25) is 0 Å². The largest absolute Gasteiger partial charge is 0.307 e. The first-order chi connectivity index (χ1) is 30.8. The number of nitrogens with zero attached hydrogens (tertiary/aromatic N) is 2. The summed E-state index contributed by atoms with van der Waals surface area (Å²) in [5.74, 6) is 0. The monoisotopic (exact) mass is 788 g/mol. The number of hydrogen-bond acceptors (Lipinski definition) is 0. The van der Waals surface area contributed by atoms with Crippen molar-refractivity contribution in [1.29, 1.82) is 0 Å². The van der Waals surface area contributed by atoms with Gasteiger partial charge in [-0.1, -0.05) is 200 Å². The average molecular weight is 789 g/mol. The van der Waals surface area contributed by atoms with Gasteiger partial charge < -0.3 is 9.13 Å². The molecule has 2 heteroatoms. The van der Waals surface area contributed by atoms with E-state index in [1.165, 1.54) is 93.7 Å². The maximum absolute atomic E-state index is 2.54. The Labute approximate surface area is 360 Å². The highest BCUT2D eigenvalue weighted by Crippen LogP contribution is 2.44. The van der Waals surface area contributed by atoms with Crippen LogP contribution in [0.15, 0.2) is 243 Å². The van der Waals surface area contributed by atoms with Gasteiger partial charge in [-0.15, -0.1) is 0 Å². The van der Waals surface area contributed by atoms with E-state index in [9.17, 15) is 0 Å². The van der Waals surface area contributed by atoms with Gasteiger partial charge in [0.1, 0.15) is 0 Å². The molecule has 2 aromatic heterocycles. The van der Waals surface area contributed by atoms with Crippen molar-refractivity contribution >= 4 is 43.6 Å². The first-order valence-electron chi connectivity index (χ1n) is 21.3. The molecule has 10 aromatic carbocycles. The highest BCUT2D eigenvalue weighted by atomic mass is 15.0. The van der Waals surface area contributed by atoms with Crippen molar-refractivity contribution in [3.05, 3.63) is 243 Å². The third-order valence-corrected chi connectivity index (χ3v) is 12.5. The van der Waals surface area contributed by atoms with E-state index in [2.05, 4.69) is 252 Å². The molecule has 0 saturated heterocycles.